The first-order chi connectivity index (χ1) is 8.52. The number of ether oxygens (including phenoxy) is 1. The van der Waals surface area contributed by atoms with E-state index in [2.05, 4.69) is 25.7 Å². The zero-order valence-electron chi connectivity index (χ0n) is 11.4. The van der Waals surface area contributed by atoms with E-state index in [1.54, 1.807) is 12.1 Å². The molecule has 3 heteroatoms. The van der Waals surface area contributed by atoms with E-state index in [4.69, 9.17) is 4.74 Å². The summed E-state index contributed by atoms with van der Waals surface area (Å²) in [6, 6.07) is 5.06. The summed E-state index contributed by atoms with van der Waals surface area (Å²) in [6.07, 6.45) is 1.45. The van der Waals surface area contributed by atoms with Gasteiger partial charge < -0.3 is 10.1 Å². The van der Waals surface area contributed by atoms with Gasteiger partial charge in [-0.15, -0.1) is 0 Å². The Hall–Kier alpha value is -1.35. The Balaban J connectivity index is 2.58. The van der Waals surface area contributed by atoms with E-state index in [0.29, 0.717) is 12.5 Å². The second-order valence-corrected chi connectivity index (χ2v) is 4.85. The molecular weight excluding hydrogens is 229 g/mol. The number of nitrogens with one attached hydrogen (secondary N) is 1. The second kappa shape index (κ2) is 7.17. The van der Waals surface area contributed by atoms with Crippen molar-refractivity contribution < 1.29 is 9.13 Å². The van der Waals surface area contributed by atoms with E-state index < -0.39 is 0 Å². The Morgan fingerprint density at radius 2 is 2.11 bits per heavy atom. The van der Waals surface area contributed by atoms with Gasteiger partial charge in [0.25, 0.3) is 0 Å². The van der Waals surface area contributed by atoms with E-state index in [9.17, 15) is 4.39 Å². The SMILES string of the molecule is C=CC(C)Oc1ccc(CNCC(C)C)cc1F. The summed E-state index contributed by atoms with van der Waals surface area (Å²) in [4.78, 5) is 0. The van der Waals surface area contributed by atoms with E-state index in [-0.39, 0.29) is 17.7 Å². The molecule has 0 saturated heterocycles. The number of rotatable bonds is 7. The highest BCUT2D eigenvalue weighted by molar-refractivity contribution is 5.29. The van der Waals surface area contributed by atoms with Crippen LogP contribution in [-0.2, 0) is 6.54 Å². The predicted molar refractivity (Wildman–Crippen MR) is 73.2 cm³/mol. The average molecular weight is 251 g/mol. The quantitative estimate of drug-likeness (QED) is 0.749. The topological polar surface area (TPSA) is 21.3 Å². The summed E-state index contributed by atoms with van der Waals surface area (Å²) >= 11 is 0. The van der Waals surface area contributed by atoms with Crippen LogP contribution in [-0.4, -0.2) is 12.6 Å². The normalized spacial score (nSPS) is 12.5. The molecule has 18 heavy (non-hydrogen) atoms. The van der Waals surface area contributed by atoms with Gasteiger partial charge in [0.05, 0.1) is 0 Å². The molecule has 0 spiro atoms. The van der Waals surface area contributed by atoms with Crippen LogP contribution in [0.3, 0.4) is 0 Å². The lowest BCUT2D eigenvalue weighted by Crippen LogP contribution is -2.19. The molecule has 1 N–H and O–H groups in total. The Bertz CT molecular complexity index is 390. The molecule has 1 aromatic carbocycles. The van der Waals surface area contributed by atoms with Crippen molar-refractivity contribution in [3.05, 3.63) is 42.2 Å². The molecule has 1 atom stereocenters. The van der Waals surface area contributed by atoms with Gasteiger partial charge in [-0.1, -0.05) is 32.6 Å². The Morgan fingerprint density at radius 3 is 2.67 bits per heavy atom. The number of benzene rings is 1. The highest BCUT2D eigenvalue weighted by atomic mass is 19.1. The molecule has 0 heterocycles. The van der Waals surface area contributed by atoms with Crippen molar-refractivity contribution in [1.82, 2.24) is 5.32 Å². The summed E-state index contributed by atoms with van der Waals surface area (Å²) in [5.41, 5.74) is 0.923. The van der Waals surface area contributed by atoms with Crippen molar-refractivity contribution >= 4 is 0 Å². The molecular formula is C15H22FNO. The van der Waals surface area contributed by atoms with Crippen LogP contribution in [0.5, 0.6) is 5.75 Å². The molecule has 1 rings (SSSR count). The third kappa shape index (κ3) is 4.88. The van der Waals surface area contributed by atoms with Crippen molar-refractivity contribution in [2.75, 3.05) is 6.54 Å². The third-order valence-corrected chi connectivity index (χ3v) is 2.52. The Kier molecular flexibility index (Phi) is 5.86. The van der Waals surface area contributed by atoms with Crippen molar-refractivity contribution in [3.63, 3.8) is 0 Å². The number of hydrogen-bond donors (Lipinski definition) is 1. The van der Waals surface area contributed by atoms with Crippen LogP contribution in [0.1, 0.15) is 26.3 Å². The van der Waals surface area contributed by atoms with E-state index in [1.807, 2.05) is 13.0 Å². The molecule has 0 fully saturated rings. The minimum Gasteiger partial charge on any atom is -0.484 e. The zero-order valence-corrected chi connectivity index (χ0v) is 11.4. The fourth-order valence-electron chi connectivity index (χ4n) is 1.50. The Labute approximate surface area is 109 Å². The molecule has 0 aromatic heterocycles. The molecule has 1 unspecified atom stereocenters. The maximum atomic E-state index is 13.7. The maximum absolute atomic E-state index is 13.7. The molecule has 0 aliphatic carbocycles. The molecule has 1 aromatic rings. The monoisotopic (exact) mass is 251 g/mol. The second-order valence-electron chi connectivity index (χ2n) is 4.85. The summed E-state index contributed by atoms with van der Waals surface area (Å²) in [5, 5.41) is 3.28. The molecule has 0 saturated carbocycles. The van der Waals surface area contributed by atoms with Crippen molar-refractivity contribution in [3.8, 4) is 5.75 Å². The fourth-order valence-corrected chi connectivity index (χ4v) is 1.50. The minimum absolute atomic E-state index is 0.190. The maximum Gasteiger partial charge on any atom is 0.165 e. The highest BCUT2D eigenvalue weighted by Gasteiger charge is 2.07. The molecule has 0 radical (unpaired) electrons. The van der Waals surface area contributed by atoms with Gasteiger partial charge in [0.15, 0.2) is 11.6 Å². The van der Waals surface area contributed by atoms with Gasteiger partial charge in [0, 0.05) is 6.54 Å². The number of hydrogen-bond acceptors (Lipinski definition) is 2. The van der Waals surface area contributed by atoms with E-state index in [0.717, 1.165) is 12.1 Å². The van der Waals surface area contributed by atoms with Crippen molar-refractivity contribution in [2.24, 2.45) is 5.92 Å². The third-order valence-electron chi connectivity index (χ3n) is 2.52. The first-order valence-corrected chi connectivity index (χ1v) is 6.31. The summed E-state index contributed by atoms with van der Waals surface area (Å²) in [6.45, 7) is 11.3. The zero-order chi connectivity index (χ0) is 13.5. The predicted octanol–water partition coefficient (Wildman–Crippen LogP) is 3.52. The average Bonchev–Trinajstić information content (AvgIpc) is 2.32. The molecule has 100 valence electrons. The van der Waals surface area contributed by atoms with Crippen molar-refractivity contribution in [1.29, 1.82) is 0 Å². The van der Waals surface area contributed by atoms with Gasteiger partial charge in [-0.3, -0.25) is 0 Å². The lowest BCUT2D eigenvalue weighted by atomic mass is 10.2. The van der Waals surface area contributed by atoms with Gasteiger partial charge in [-0.2, -0.15) is 0 Å². The van der Waals surface area contributed by atoms with Gasteiger partial charge in [-0.25, -0.2) is 4.39 Å². The first kappa shape index (κ1) is 14.7. The first-order valence-electron chi connectivity index (χ1n) is 6.31. The van der Waals surface area contributed by atoms with Gasteiger partial charge in [0.1, 0.15) is 6.10 Å². The molecule has 0 aliphatic heterocycles. The largest absolute Gasteiger partial charge is 0.484 e. The number of halogens is 1. The van der Waals surface area contributed by atoms with Crippen LogP contribution in [0.2, 0.25) is 0 Å². The van der Waals surface area contributed by atoms with Gasteiger partial charge in [0.2, 0.25) is 0 Å². The van der Waals surface area contributed by atoms with Crippen LogP contribution in [0.25, 0.3) is 0 Å². The Morgan fingerprint density at radius 1 is 1.39 bits per heavy atom. The smallest absolute Gasteiger partial charge is 0.165 e. The minimum atomic E-state index is -0.326. The summed E-state index contributed by atoms with van der Waals surface area (Å²) < 4.78 is 19.1. The lowest BCUT2D eigenvalue weighted by Gasteiger charge is -2.12. The standard InChI is InChI=1S/C15H22FNO/c1-5-12(4)18-15-7-6-13(8-14(15)16)10-17-9-11(2)3/h5-8,11-12,17H,1,9-10H2,2-4H3. The molecule has 0 bridgehead atoms. The van der Waals surface area contributed by atoms with Crippen LogP contribution in [0.15, 0.2) is 30.9 Å². The summed E-state index contributed by atoms with van der Waals surface area (Å²) in [5.74, 6) is 0.536. The van der Waals surface area contributed by atoms with Crippen LogP contribution >= 0.6 is 0 Å². The highest BCUT2D eigenvalue weighted by Crippen LogP contribution is 2.19. The van der Waals surface area contributed by atoms with Crippen molar-refractivity contribution in [2.45, 2.75) is 33.4 Å². The fraction of sp³-hybridized carbons (Fsp3) is 0.467. The van der Waals surface area contributed by atoms with Crippen LogP contribution in [0, 0.1) is 11.7 Å². The van der Waals surface area contributed by atoms with E-state index in [1.165, 1.54) is 6.07 Å². The van der Waals surface area contributed by atoms with Crippen LogP contribution in [0.4, 0.5) is 4.39 Å². The molecule has 0 aliphatic rings. The molecule has 2 nitrogen and oxygen atoms in total. The lowest BCUT2D eigenvalue weighted by molar-refractivity contribution is 0.257. The van der Waals surface area contributed by atoms with Gasteiger partial charge >= 0.3 is 0 Å². The van der Waals surface area contributed by atoms with Gasteiger partial charge in [-0.05, 0) is 37.1 Å². The van der Waals surface area contributed by atoms with Crippen LogP contribution < -0.4 is 10.1 Å². The molecule has 0 amide bonds. The van der Waals surface area contributed by atoms with E-state index >= 15 is 0 Å². The summed E-state index contributed by atoms with van der Waals surface area (Å²) in [7, 11) is 0.